The number of H-pyrrole nitrogens is 1. The third kappa shape index (κ3) is 3.76. The molecule has 4 rings (SSSR count). The molecule has 0 saturated heterocycles. The number of hydrogen-bond donors (Lipinski definition) is 1. The Labute approximate surface area is 186 Å². The average molecular weight is 447 g/mol. The quantitative estimate of drug-likeness (QED) is 0.650. The van der Waals surface area contributed by atoms with E-state index < -0.39 is 17.5 Å². The molecule has 0 bridgehead atoms. The molecule has 32 heavy (non-hydrogen) atoms. The molecule has 0 fully saturated rings. The highest BCUT2D eigenvalue weighted by Crippen LogP contribution is 2.46. The van der Waals surface area contributed by atoms with Crippen LogP contribution in [-0.4, -0.2) is 48.1 Å². The van der Waals surface area contributed by atoms with E-state index in [1.165, 1.54) is 12.2 Å². The van der Waals surface area contributed by atoms with Gasteiger partial charge in [-0.25, -0.2) is 0 Å². The second-order valence-corrected chi connectivity index (χ2v) is 9.02. The monoisotopic (exact) mass is 446 g/mol. The van der Waals surface area contributed by atoms with E-state index in [2.05, 4.69) is 23.7 Å². The number of ether oxygens (including phenoxy) is 1. The average Bonchev–Trinajstić information content (AvgIpc) is 3.15. The van der Waals surface area contributed by atoms with Gasteiger partial charge in [0, 0.05) is 40.9 Å². The van der Waals surface area contributed by atoms with Gasteiger partial charge < -0.3 is 14.6 Å². The first-order chi connectivity index (χ1) is 15.1. The fraction of sp³-hybridized carbons (Fsp3) is 0.480. The molecule has 2 aliphatic rings. The van der Waals surface area contributed by atoms with Crippen LogP contribution in [0, 0.1) is 5.92 Å². The highest BCUT2D eigenvalue weighted by Gasteiger charge is 2.44. The number of aromatic amines is 1. The summed E-state index contributed by atoms with van der Waals surface area (Å²) in [7, 11) is 0. The molecule has 2 aromatic rings. The lowest BCUT2D eigenvalue weighted by atomic mass is 9.71. The van der Waals surface area contributed by atoms with Crippen molar-refractivity contribution in [3.8, 4) is 5.75 Å². The van der Waals surface area contributed by atoms with Crippen LogP contribution in [0.2, 0.25) is 0 Å². The molecule has 1 unspecified atom stereocenters. The minimum atomic E-state index is -4.31. The van der Waals surface area contributed by atoms with Crippen LogP contribution in [0.15, 0.2) is 24.3 Å². The standard InChI is InChI=1S/C25H29F3N2O2/c1-5-30(6-2)11-12-32-16-8-10-17-19(14-16)24(3,4)23-21(22(17)31)18-9-7-15(25(26,27)28)13-20(18)29-23/h7-10,14-15,29H,5-6,11-13H2,1-4H3. The summed E-state index contributed by atoms with van der Waals surface area (Å²) in [4.78, 5) is 18.8. The van der Waals surface area contributed by atoms with Gasteiger partial charge in [-0.2, -0.15) is 13.2 Å². The van der Waals surface area contributed by atoms with Gasteiger partial charge in [0.1, 0.15) is 12.4 Å². The van der Waals surface area contributed by atoms with E-state index in [0.29, 0.717) is 40.4 Å². The summed E-state index contributed by atoms with van der Waals surface area (Å²) in [5.41, 5.74) is 3.05. The lowest BCUT2D eigenvalue weighted by molar-refractivity contribution is -0.160. The highest BCUT2D eigenvalue weighted by molar-refractivity contribution is 6.15. The molecule has 0 amide bonds. The van der Waals surface area contributed by atoms with Crippen molar-refractivity contribution >= 4 is 11.9 Å². The van der Waals surface area contributed by atoms with Crippen LogP contribution < -0.4 is 4.74 Å². The summed E-state index contributed by atoms with van der Waals surface area (Å²) in [6, 6.07) is 5.47. The zero-order valence-corrected chi connectivity index (χ0v) is 18.9. The normalized spacial score (nSPS) is 19.0. The SMILES string of the molecule is CCN(CC)CCOc1ccc2c(c1)C(C)(C)c1[nH]c3c(c1C2=O)C=CC(C(F)(F)F)C3. The van der Waals surface area contributed by atoms with Crippen LogP contribution in [0.25, 0.3) is 6.08 Å². The van der Waals surface area contributed by atoms with Crippen LogP contribution in [0.4, 0.5) is 13.2 Å². The number of aromatic nitrogens is 1. The molecule has 7 heteroatoms. The van der Waals surface area contributed by atoms with E-state index in [0.717, 1.165) is 25.2 Å². The highest BCUT2D eigenvalue weighted by atomic mass is 19.4. The lowest BCUT2D eigenvalue weighted by Gasteiger charge is -2.32. The number of rotatable bonds is 6. The minimum Gasteiger partial charge on any atom is -0.492 e. The van der Waals surface area contributed by atoms with E-state index in [1.807, 2.05) is 19.9 Å². The molecule has 172 valence electrons. The van der Waals surface area contributed by atoms with Gasteiger partial charge in [0.25, 0.3) is 0 Å². The third-order valence-electron chi connectivity index (χ3n) is 6.79. The molecule has 1 aromatic carbocycles. The number of halogens is 3. The van der Waals surface area contributed by atoms with E-state index >= 15 is 0 Å². The predicted octanol–water partition coefficient (Wildman–Crippen LogP) is 5.35. The van der Waals surface area contributed by atoms with E-state index in [-0.39, 0.29) is 12.2 Å². The summed E-state index contributed by atoms with van der Waals surface area (Å²) in [5, 5.41) is 0. The Morgan fingerprint density at radius 1 is 1.22 bits per heavy atom. The van der Waals surface area contributed by atoms with Crippen LogP contribution in [-0.2, 0) is 11.8 Å². The van der Waals surface area contributed by atoms with Crippen LogP contribution in [0.5, 0.6) is 5.75 Å². The van der Waals surface area contributed by atoms with Gasteiger partial charge in [-0.1, -0.05) is 39.8 Å². The number of carbonyl (C=O) groups excluding carboxylic acids is 1. The number of nitrogens with zero attached hydrogens (tertiary/aromatic N) is 1. The molecule has 1 heterocycles. The Bertz CT molecular complexity index is 1060. The van der Waals surface area contributed by atoms with Gasteiger partial charge in [0.2, 0.25) is 0 Å². The molecule has 0 saturated carbocycles. The Morgan fingerprint density at radius 2 is 1.94 bits per heavy atom. The van der Waals surface area contributed by atoms with Gasteiger partial charge in [-0.3, -0.25) is 4.79 Å². The number of ketones is 1. The number of alkyl halides is 3. The molecule has 0 aliphatic heterocycles. The number of benzene rings is 1. The summed E-state index contributed by atoms with van der Waals surface area (Å²) >= 11 is 0. The van der Waals surface area contributed by atoms with Gasteiger partial charge in [0.15, 0.2) is 5.78 Å². The number of likely N-dealkylation sites (N-methyl/N-ethyl adjacent to an activating group) is 1. The molecule has 4 nitrogen and oxygen atoms in total. The molecule has 1 aromatic heterocycles. The van der Waals surface area contributed by atoms with Gasteiger partial charge in [-0.15, -0.1) is 0 Å². The molecule has 1 atom stereocenters. The molecule has 2 aliphatic carbocycles. The zero-order chi connectivity index (χ0) is 23.3. The first-order valence-electron chi connectivity index (χ1n) is 11.1. The molecular weight excluding hydrogens is 417 g/mol. The van der Waals surface area contributed by atoms with Crippen molar-refractivity contribution in [1.82, 2.24) is 9.88 Å². The number of allylic oxidation sites excluding steroid dienone is 1. The van der Waals surface area contributed by atoms with Crippen molar-refractivity contribution in [3.05, 3.63) is 57.9 Å². The van der Waals surface area contributed by atoms with Gasteiger partial charge in [-0.05, 0) is 36.9 Å². The topological polar surface area (TPSA) is 45.3 Å². The molecule has 0 spiro atoms. The second kappa shape index (κ2) is 8.10. The second-order valence-electron chi connectivity index (χ2n) is 9.02. The van der Waals surface area contributed by atoms with Crippen molar-refractivity contribution in [1.29, 1.82) is 0 Å². The fourth-order valence-electron chi connectivity index (χ4n) is 4.77. The largest absolute Gasteiger partial charge is 0.492 e. The predicted molar refractivity (Wildman–Crippen MR) is 118 cm³/mol. The Morgan fingerprint density at radius 3 is 2.59 bits per heavy atom. The third-order valence-corrected chi connectivity index (χ3v) is 6.79. The summed E-state index contributed by atoms with van der Waals surface area (Å²) in [6.45, 7) is 11.5. The van der Waals surface area contributed by atoms with Gasteiger partial charge >= 0.3 is 6.18 Å². The van der Waals surface area contributed by atoms with E-state index in [9.17, 15) is 18.0 Å². The zero-order valence-electron chi connectivity index (χ0n) is 18.9. The van der Waals surface area contributed by atoms with Crippen molar-refractivity contribution in [2.24, 2.45) is 5.92 Å². The van der Waals surface area contributed by atoms with Crippen molar-refractivity contribution < 1.29 is 22.7 Å². The summed E-state index contributed by atoms with van der Waals surface area (Å²) in [5.74, 6) is -1.01. The van der Waals surface area contributed by atoms with E-state index in [1.54, 1.807) is 12.1 Å². The summed E-state index contributed by atoms with van der Waals surface area (Å²) < 4.78 is 45.7. The number of hydrogen-bond acceptors (Lipinski definition) is 3. The maximum Gasteiger partial charge on any atom is 0.395 e. The Hall–Kier alpha value is -2.54. The molecular formula is C25H29F3N2O2. The smallest absolute Gasteiger partial charge is 0.395 e. The molecule has 0 radical (unpaired) electrons. The van der Waals surface area contributed by atoms with Crippen molar-refractivity contribution in [3.63, 3.8) is 0 Å². The van der Waals surface area contributed by atoms with Crippen molar-refractivity contribution in [2.75, 3.05) is 26.2 Å². The molecule has 1 N–H and O–H groups in total. The Kier molecular flexibility index (Phi) is 5.74. The number of nitrogens with one attached hydrogen (secondary N) is 1. The van der Waals surface area contributed by atoms with Crippen molar-refractivity contribution in [2.45, 2.75) is 45.7 Å². The minimum absolute atomic E-state index is 0.156. The van der Waals surface area contributed by atoms with Crippen LogP contribution in [0.1, 0.15) is 66.1 Å². The lowest BCUT2D eigenvalue weighted by Crippen LogP contribution is -2.31. The Balaban J connectivity index is 1.65. The first kappa shape index (κ1) is 22.6. The van der Waals surface area contributed by atoms with Crippen LogP contribution in [0.3, 0.4) is 0 Å². The number of carbonyl (C=O) groups is 1. The fourth-order valence-corrected chi connectivity index (χ4v) is 4.77. The summed E-state index contributed by atoms with van der Waals surface area (Å²) in [6.07, 6.45) is -1.86. The maximum atomic E-state index is 13.4. The first-order valence-corrected chi connectivity index (χ1v) is 11.1. The van der Waals surface area contributed by atoms with Crippen LogP contribution >= 0.6 is 0 Å². The maximum absolute atomic E-state index is 13.4. The van der Waals surface area contributed by atoms with Gasteiger partial charge in [0.05, 0.1) is 11.5 Å². The van der Waals surface area contributed by atoms with E-state index in [4.69, 9.17) is 4.74 Å². The number of fused-ring (bicyclic) bond motifs is 4.